The maximum Gasteiger partial charge on any atom is 0.335 e. The third kappa shape index (κ3) is 3.77. The van der Waals surface area contributed by atoms with Crippen LogP contribution in [-0.2, 0) is 0 Å². The normalized spacial score (nSPS) is 14.6. The maximum absolute atomic E-state index is 11.1. The third-order valence-electron chi connectivity index (χ3n) is 3.86. The first kappa shape index (κ1) is 15.3. The lowest BCUT2D eigenvalue weighted by Gasteiger charge is -2.27. The molecule has 0 atom stereocenters. The van der Waals surface area contributed by atoms with Crippen LogP contribution in [0.1, 0.15) is 35.3 Å². The van der Waals surface area contributed by atoms with Crippen LogP contribution in [0.5, 0.6) is 0 Å². The van der Waals surface area contributed by atoms with E-state index in [1.165, 1.54) is 19.3 Å². The van der Waals surface area contributed by atoms with E-state index in [0.717, 1.165) is 24.7 Å². The largest absolute Gasteiger partial charge is 0.478 e. The highest BCUT2D eigenvalue weighted by Crippen LogP contribution is 2.21. The Hall–Kier alpha value is -2.63. The molecule has 1 fully saturated rings. The second-order valence-corrected chi connectivity index (χ2v) is 5.75. The molecule has 1 aliphatic rings. The van der Waals surface area contributed by atoms with Crippen molar-refractivity contribution in [2.24, 2.45) is 0 Å². The summed E-state index contributed by atoms with van der Waals surface area (Å²) < 4.78 is 0. The summed E-state index contributed by atoms with van der Waals surface area (Å²) in [5.41, 5.74) is 1.84. The fourth-order valence-electron chi connectivity index (χ4n) is 2.73. The number of rotatable bonds is 4. The molecule has 6 heteroatoms. The molecule has 0 spiro atoms. The lowest BCUT2D eigenvalue weighted by atomic mass is 10.1. The number of carboxylic acids is 1. The molecular formula is C17H20N4O2. The molecule has 3 rings (SSSR count). The molecule has 0 amide bonds. The second-order valence-electron chi connectivity index (χ2n) is 5.75. The molecule has 1 aliphatic heterocycles. The highest BCUT2D eigenvalue weighted by molar-refractivity contribution is 5.89. The molecule has 2 aromatic rings. The van der Waals surface area contributed by atoms with E-state index >= 15 is 0 Å². The van der Waals surface area contributed by atoms with Gasteiger partial charge in [-0.05, 0) is 44.4 Å². The summed E-state index contributed by atoms with van der Waals surface area (Å²) in [6, 6.07) is 8.56. The van der Waals surface area contributed by atoms with Crippen LogP contribution in [0.25, 0.3) is 0 Å². The van der Waals surface area contributed by atoms with Crippen LogP contribution in [0.3, 0.4) is 0 Å². The van der Waals surface area contributed by atoms with Crippen LogP contribution in [0.4, 0.5) is 17.5 Å². The Bertz CT molecular complexity index is 711. The van der Waals surface area contributed by atoms with Gasteiger partial charge in [-0.25, -0.2) is 9.78 Å². The first-order valence-electron chi connectivity index (χ1n) is 7.83. The van der Waals surface area contributed by atoms with Gasteiger partial charge in [0.15, 0.2) is 0 Å². The van der Waals surface area contributed by atoms with Crippen LogP contribution >= 0.6 is 0 Å². The van der Waals surface area contributed by atoms with Crippen LogP contribution in [0.15, 0.2) is 30.3 Å². The summed E-state index contributed by atoms with van der Waals surface area (Å²) >= 11 is 0. The molecule has 1 aromatic heterocycles. The van der Waals surface area contributed by atoms with Crippen molar-refractivity contribution in [3.05, 3.63) is 41.6 Å². The number of hydrogen-bond acceptors (Lipinski definition) is 5. The smallest absolute Gasteiger partial charge is 0.335 e. The van der Waals surface area contributed by atoms with Crippen molar-refractivity contribution in [2.75, 3.05) is 23.3 Å². The molecule has 23 heavy (non-hydrogen) atoms. The second kappa shape index (κ2) is 6.64. The molecule has 6 nitrogen and oxygen atoms in total. The number of benzene rings is 1. The first-order valence-corrected chi connectivity index (χ1v) is 7.83. The van der Waals surface area contributed by atoms with Gasteiger partial charge in [0, 0.05) is 30.5 Å². The van der Waals surface area contributed by atoms with E-state index in [4.69, 9.17) is 5.11 Å². The zero-order chi connectivity index (χ0) is 16.2. The molecule has 0 aliphatic carbocycles. The van der Waals surface area contributed by atoms with E-state index < -0.39 is 5.97 Å². The third-order valence-corrected chi connectivity index (χ3v) is 3.86. The van der Waals surface area contributed by atoms with Crippen LogP contribution < -0.4 is 10.2 Å². The highest BCUT2D eigenvalue weighted by atomic mass is 16.4. The molecule has 0 unspecified atom stereocenters. The molecule has 0 bridgehead atoms. The van der Waals surface area contributed by atoms with E-state index in [9.17, 15) is 4.79 Å². The minimum absolute atomic E-state index is 0.247. The van der Waals surface area contributed by atoms with Gasteiger partial charge in [0.1, 0.15) is 5.82 Å². The van der Waals surface area contributed by atoms with Crippen LogP contribution in [-0.4, -0.2) is 34.1 Å². The number of nitrogens with zero attached hydrogens (tertiary/aromatic N) is 3. The van der Waals surface area contributed by atoms with Crippen molar-refractivity contribution in [3.8, 4) is 0 Å². The van der Waals surface area contributed by atoms with Crippen molar-refractivity contribution in [1.29, 1.82) is 0 Å². The average molecular weight is 312 g/mol. The predicted molar refractivity (Wildman–Crippen MR) is 89.5 cm³/mol. The van der Waals surface area contributed by atoms with Gasteiger partial charge in [-0.2, -0.15) is 4.98 Å². The Labute approximate surface area is 135 Å². The monoisotopic (exact) mass is 312 g/mol. The Morgan fingerprint density at radius 2 is 1.96 bits per heavy atom. The van der Waals surface area contributed by atoms with Crippen molar-refractivity contribution < 1.29 is 9.90 Å². The number of piperidine rings is 1. The van der Waals surface area contributed by atoms with Crippen molar-refractivity contribution in [2.45, 2.75) is 26.2 Å². The summed E-state index contributed by atoms with van der Waals surface area (Å²) in [5.74, 6) is 0.476. The number of anilines is 3. The van der Waals surface area contributed by atoms with Gasteiger partial charge in [-0.1, -0.05) is 6.07 Å². The fourth-order valence-corrected chi connectivity index (χ4v) is 2.73. The fraction of sp³-hybridized carbons (Fsp3) is 0.353. The first-order chi connectivity index (χ1) is 11.1. The Morgan fingerprint density at radius 3 is 2.70 bits per heavy atom. The zero-order valence-electron chi connectivity index (χ0n) is 13.1. The summed E-state index contributed by atoms with van der Waals surface area (Å²) in [7, 11) is 0. The maximum atomic E-state index is 11.1. The molecule has 1 saturated heterocycles. The quantitative estimate of drug-likeness (QED) is 0.902. The number of aromatic carboxylic acids is 1. The van der Waals surface area contributed by atoms with E-state index in [1.807, 2.05) is 19.1 Å². The summed E-state index contributed by atoms with van der Waals surface area (Å²) in [6.07, 6.45) is 3.59. The number of carbonyl (C=O) groups is 1. The number of aryl methyl sites for hydroxylation is 1. The standard InChI is InChI=1S/C17H20N4O2/c1-12-10-15(19-14-7-5-6-13(11-14)16(22)23)20-17(18-12)21-8-3-2-4-9-21/h5-7,10-11H,2-4,8-9H2,1H3,(H,22,23)(H,18,19,20). The molecular weight excluding hydrogens is 292 g/mol. The molecule has 0 radical (unpaired) electrons. The zero-order valence-corrected chi connectivity index (χ0v) is 13.1. The van der Waals surface area contributed by atoms with E-state index in [0.29, 0.717) is 11.5 Å². The Morgan fingerprint density at radius 1 is 1.17 bits per heavy atom. The molecule has 120 valence electrons. The Kier molecular flexibility index (Phi) is 4.41. The van der Waals surface area contributed by atoms with Gasteiger partial charge >= 0.3 is 5.97 Å². The Balaban J connectivity index is 1.83. The van der Waals surface area contributed by atoms with E-state index in [1.54, 1.807) is 18.2 Å². The van der Waals surface area contributed by atoms with Crippen LogP contribution in [0.2, 0.25) is 0 Å². The van der Waals surface area contributed by atoms with E-state index in [2.05, 4.69) is 20.2 Å². The van der Waals surface area contributed by atoms with Crippen LogP contribution in [0, 0.1) is 6.92 Å². The van der Waals surface area contributed by atoms with Gasteiger partial charge in [-0.15, -0.1) is 0 Å². The van der Waals surface area contributed by atoms with Crippen molar-refractivity contribution in [3.63, 3.8) is 0 Å². The van der Waals surface area contributed by atoms with Crippen molar-refractivity contribution >= 4 is 23.4 Å². The SMILES string of the molecule is Cc1cc(Nc2cccc(C(=O)O)c2)nc(N2CCCCC2)n1. The minimum Gasteiger partial charge on any atom is -0.478 e. The lowest BCUT2D eigenvalue weighted by Crippen LogP contribution is -2.31. The van der Waals surface area contributed by atoms with Gasteiger partial charge in [0.05, 0.1) is 5.56 Å². The number of hydrogen-bond donors (Lipinski definition) is 2. The molecule has 0 saturated carbocycles. The minimum atomic E-state index is -0.943. The van der Waals surface area contributed by atoms with Gasteiger partial charge in [-0.3, -0.25) is 0 Å². The van der Waals surface area contributed by atoms with Gasteiger partial charge in [0.2, 0.25) is 5.95 Å². The van der Waals surface area contributed by atoms with E-state index in [-0.39, 0.29) is 5.56 Å². The summed E-state index contributed by atoms with van der Waals surface area (Å²) in [5, 5.41) is 12.3. The summed E-state index contributed by atoms with van der Waals surface area (Å²) in [4.78, 5) is 22.4. The highest BCUT2D eigenvalue weighted by Gasteiger charge is 2.15. The number of nitrogens with one attached hydrogen (secondary N) is 1. The number of aromatic nitrogens is 2. The van der Waals surface area contributed by atoms with Gasteiger partial charge in [0.25, 0.3) is 0 Å². The number of carboxylic acid groups (broad SMARTS) is 1. The average Bonchev–Trinajstić information content (AvgIpc) is 2.55. The molecule has 2 heterocycles. The molecule has 2 N–H and O–H groups in total. The molecule has 1 aromatic carbocycles. The topological polar surface area (TPSA) is 78.3 Å². The lowest BCUT2D eigenvalue weighted by molar-refractivity contribution is 0.0697. The van der Waals surface area contributed by atoms with Gasteiger partial charge < -0.3 is 15.3 Å². The summed E-state index contributed by atoms with van der Waals surface area (Å²) in [6.45, 7) is 3.91. The van der Waals surface area contributed by atoms with Crippen molar-refractivity contribution in [1.82, 2.24) is 9.97 Å². The predicted octanol–water partition coefficient (Wildman–Crippen LogP) is 3.22.